The van der Waals surface area contributed by atoms with Crippen LogP contribution in [0.4, 0.5) is 0 Å². The Hall–Kier alpha value is -1.12. The van der Waals surface area contributed by atoms with E-state index in [9.17, 15) is 9.59 Å². The van der Waals surface area contributed by atoms with Crippen LogP contribution in [-0.2, 0) is 16.1 Å². The Bertz CT molecular complexity index is 458. The fourth-order valence-electron chi connectivity index (χ4n) is 1.54. The van der Waals surface area contributed by atoms with Crippen LogP contribution < -0.4 is 10.6 Å². The number of nitrogens with one attached hydrogen (secondary N) is 2. The van der Waals surface area contributed by atoms with Crippen molar-refractivity contribution in [3.8, 4) is 0 Å². The van der Waals surface area contributed by atoms with Gasteiger partial charge in [0.1, 0.15) is 5.01 Å². The molecule has 2 rings (SSSR count). The van der Waals surface area contributed by atoms with Gasteiger partial charge in [-0.3, -0.25) is 10.1 Å². The van der Waals surface area contributed by atoms with E-state index in [0.717, 1.165) is 11.6 Å². The summed E-state index contributed by atoms with van der Waals surface area (Å²) < 4.78 is 4.85. The van der Waals surface area contributed by atoms with E-state index in [1.807, 2.05) is 0 Å². The Morgan fingerprint density at radius 2 is 2.47 bits per heavy atom. The van der Waals surface area contributed by atoms with Gasteiger partial charge >= 0.3 is 5.97 Å². The van der Waals surface area contributed by atoms with Crippen LogP contribution in [0, 0.1) is 0 Å². The van der Waals surface area contributed by atoms with Crippen molar-refractivity contribution in [3.05, 3.63) is 16.1 Å². The molecule has 1 aromatic rings. The fraction of sp³-hybridized carbons (Fsp3) is 0.545. The topological polar surface area (TPSA) is 80.3 Å². The Morgan fingerprint density at radius 1 is 1.63 bits per heavy atom. The van der Waals surface area contributed by atoms with Gasteiger partial charge in [0.25, 0.3) is 0 Å². The number of rotatable bonds is 5. The Balaban J connectivity index is 1.82. The smallest absolute Gasteiger partial charge is 0.357 e. The summed E-state index contributed by atoms with van der Waals surface area (Å²) in [5.74, 6) is 1.14. The molecule has 1 aromatic heterocycles. The van der Waals surface area contributed by atoms with Crippen LogP contribution in [0.1, 0.15) is 22.4 Å². The van der Waals surface area contributed by atoms with Crippen LogP contribution in [0.15, 0.2) is 5.38 Å². The average molecular weight is 301 g/mol. The van der Waals surface area contributed by atoms with Gasteiger partial charge in [-0.25, -0.2) is 9.78 Å². The molecule has 1 atom stereocenters. The second-order valence-electron chi connectivity index (χ2n) is 3.84. The monoisotopic (exact) mass is 301 g/mol. The average Bonchev–Trinajstić information content (AvgIpc) is 3.07. The molecule has 1 fully saturated rings. The molecule has 19 heavy (non-hydrogen) atoms. The lowest BCUT2D eigenvalue weighted by Crippen LogP contribution is -2.41. The standard InChI is InChI=1S/C11H15N3O3S2/c1-2-17-11(16)8-5-19-9(14-8)3-12-10(15)7-4-18-6-13-7/h5,7,13H,2-4,6H2,1H3,(H,12,15). The van der Waals surface area contributed by atoms with Crippen LogP contribution in [0.5, 0.6) is 0 Å². The van der Waals surface area contributed by atoms with E-state index in [1.54, 1.807) is 24.1 Å². The minimum absolute atomic E-state index is 0.0297. The minimum Gasteiger partial charge on any atom is -0.461 e. The molecule has 0 spiro atoms. The molecule has 2 N–H and O–H groups in total. The summed E-state index contributed by atoms with van der Waals surface area (Å²) in [5.41, 5.74) is 0.297. The summed E-state index contributed by atoms with van der Waals surface area (Å²) in [5, 5.41) is 8.24. The summed E-state index contributed by atoms with van der Waals surface area (Å²) >= 11 is 3.04. The SMILES string of the molecule is CCOC(=O)c1csc(CNC(=O)C2CSCN2)n1. The highest BCUT2D eigenvalue weighted by molar-refractivity contribution is 7.99. The molecular formula is C11H15N3O3S2. The molecule has 0 radical (unpaired) electrons. The van der Waals surface area contributed by atoms with Gasteiger partial charge in [-0.2, -0.15) is 0 Å². The maximum absolute atomic E-state index is 11.8. The van der Waals surface area contributed by atoms with Crippen molar-refractivity contribution in [2.24, 2.45) is 0 Å². The number of hydrogen-bond acceptors (Lipinski definition) is 7. The maximum Gasteiger partial charge on any atom is 0.357 e. The summed E-state index contributed by atoms with van der Waals surface area (Å²) in [6, 6.07) is -0.130. The van der Waals surface area contributed by atoms with Gasteiger partial charge in [0.15, 0.2) is 5.69 Å². The normalized spacial score (nSPS) is 18.3. The number of carbonyl (C=O) groups is 2. The Kier molecular flexibility index (Phi) is 5.17. The van der Waals surface area contributed by atoms with Gasteiger partial charge in [0, 0.05) is 17.0 Å². The third kappa shape index (κ3) is 3.92. The molecule has 6 nitrogen and oxygen atoms in total. The van der Waals surface area contributed by atoms with Crippen molar-refractivity contribution < 1.29 is 14.3 Å². The zero-order valence-corrected chi connectivity index (χ0v) is 12.1. The van der Waals surface area contributed by atoms with E-state index in [1.165, 1.54) is 11.3 Å². The minimum atomic E-state index is -0.426. The van der Waals surface area contributed by atoms with Crippen molar-refractivity contribution in [1.82, 2.24) is 15.6 Å². The number of esters is 1. The van der Waals surface area contributed by atoms with Crippen LogP contribution in [0.25, 0.3) is 0 Å². The first-order chi connectivity index (χ1) is 9.20. The third-order valence-corrected chi connectivity index (χ3v) is 4.27. The van der Waals surface area contributed by atoms with E-state index in [2.05, 4.69) is 15.6 Å². The second-order valence-corrected chi connectivity index (χ2v) is 5.81. The summed E-state index contributed by atoms with van der Waals surface area (Å²) in [7, 11) is 0. The zero-order chi connectivity index (χ0) is 13.7. The van der Waals surface area contributed by atoms with E-state index >= 15 is 0 Å². The molecule has 104 valence electrons. The van der Waals surface area contributed by atoms with Crippen LogP contribution in [0.2, 0.25) is 0 Å². The van der Waals surface area contributed by atoms with Gasteiger partial charge in [0.05, 0.1) is 19.2 Å². The largest absolute Gasteiger partial charge is 0.461 e. The third-order valence-electron chi connectivity index (χ3n) is 2.48. The van der Waals surface area contributed by atoms with Gasteiger partial charge < -0.3 is 10.1 Å². The lowest BCUT2D eigenvalue weighted by Gasteiger charge is -2.08. The first kappa shape index (κ1) is 14.3. The molecule has 0 aliphatic carbocycles. The molecule has 1 saturated heterocycles. The lowest BCUT2D eigenvalue weighted by molar-refractivity contribution is -0.122. The van der Waals surface area contributed by atoms with Crippen LogP contribution in [0.3, 0.4) is 0 Å². The number of hydrogen-bond donors (Lipinski definition) is 2. The molecule has 8 heteroatoms. The summed E-state index contributed by atoms with van der Waals surface area (Å²) in [6.07, 6.45) is 0. The predicted octanol–water partition coefficient (Wildman–Crippen LogP) is 0.598. The lowest BCUT2D eigenvalue weighted by atomic mass is 10.3. The molecule has 1 amide bonds. The highest BCUT2D eigenvalue weighted by Crippen LogP contribution is 2.12. The van der Waals surface area contributed by atoms with E-state index in [-0.39, 0.29) is 11.9 Å². The summed E-state index contributed by atoms with van der Waals surface area (Å²) in [4.78, 5) is 27.3. The Labute approximate surface area is 119 Å². The predicted molar refractivity (Wildman–Crippen MR) is 74.2 cm³/mol. The van der Waals surface area contributed by atoms with Gasteiger partial charge in [-0.15, -0.1) is 23.1 Å². The van der Waals surface area contributed by atoms with Crippen molar-refractivity contribution in [2.45, 2.75) is 19.5 Å². The second kappa shape index (κ2) is 6.88. The van der Waals surface area contributed by atoms with E-state index in [0.29, 0.717) is 23.9 Å². The Morgan fingerprint density at radius 3 is 3.16 bits per heavy atom. The fourth-order valence-corrected chi connectivity index (χ4v) is 3.19. The molecule has 2 heterocycles. The molecule has 0 aromatic carbocycles. The molecule has 1 aliphatic rings. The van der Waals surface area contributed by atoms with Crippen molar-refractivity contribution in [2.75, 3.05) is 18.2 Å². The first-order valence-electron chi connectivity index (χ1n) is 5.91. The van der Waals surface area contributed by atoms with E-state index < -0.39 is 5.97 Å². The summed E-state index contributed by atoms with van der Waals surface area (Å²) in [6.45, 7) is 2.41. The number of thiazole rings is 1. The highest BCUT2D eigenvalue weighted by Gasteiger charge is 2.22. The zero-order valence-electron chi connectivity index (χ0n) is 10.5. The van der Waals surface area contributed by atoms with Crippen molar-refractivity contribution in [1.29, 1.82) is 0 Å². The molecular weight excluding hydrogens is 286 g/mol. The number of amides is 1. The molecule has 0 bridgehead atoms. The van der Waals surface area contributed by atoms with Gasteiger partial charge in [-0.05, 0) is 6.92 Å². The highest BCUT2D eigenvalue weighted by atomic mass is 32.2. The molecule has 1 aliphatic heterocycles. The van der Waals surface area contributed by atoms with Crippen molar-refractivity contribution >= 4 is 35.0 Å². The quantitative estimate of drug-likeness (QED) is 0.775. The number of nitrogens with zero attached hydrogens (tertiary/aromatic N) is 1. The van der Waals surface area contributed by atoms with E-state index in [4.69, 9.17) is 4.74 Å². The van der Waals surface area contributed by atoms with Crippen LogP contribution >= 0.6 is 23.1 Å². The van der Waals surface area contributed by atoms with Crippen LogP contribution in [-0.4, -0.2) is 41.1 Å². The number of aromatic nitrogens is 1. The van der Waals surface area contributed by atoms with Gasteiger partial charge in [-0.1, -0.05) is 0 Å². The number of ether oxygens (including phenoxy) is 1. The maximum atomic E-state index is 11.8. The molecule has 0 saturated carbocycles. The number of carbonyl (C=O) groups excluding carboxylic acids is 2. The van der Waals surface area contributed by atoms with Crippen molar-refractivity contribution in [3.63, 3.8) is 0 Å². The number of thioether (sulfide) groups is 1. The van der Waals surface area contributed by atoms with Gasteiger partial charge in [0.2, 0.25) is 5.91 Å². The first-order valence-corrected chi connectivity index (χ1v) is 7.94. The molecule has 1 unspecified atom stereocenters.